The van der Waals surface area contributed by atoms with Crippen LogP contribution >= 0.6 is 0 Å². The Morgan fingerprint density at radius 1 is 1.24 bits per heavy atom. The summed E-state index contributed by atoms with van der Waals surface area (Å²) in [6.45, 7) is 15.3. The van der Waals surface area contributed by atoms with Gasteiger partial charge in [0.05, 0.1) is 5.69 Å². The number of hydrogen-bond donors (Lipinski definition) is 1. The third-order valence-electron chi connectivity index (χ3n) is 3.56. The van der Waals surface area contributed by atoms with Crippen molar-refractivity contribution in [3.8, 4) is 0 Å². The third kappa shape index (κ3) is 6.94. The van der Waals surface area contributed by atoms with Crippen molar-refractivity contribution in [3.63, 3.8) is 0 Å². The highest BCUT2D eigenvalue weighted by molar-refractivity contribution is 5.47. The van der Waals surface area contributed by atoms with E-state index in [1.807, 2.05) is 6.20 Å². The number of pyridine rings is 1. The molecular weight excluding hydrogens is 258 g/mol. The van der Waals surface area contributed by atoms with Crippen LogP contribution in [0, 0.1) is 0 Å². The van der Waals surface area contributed by atoms with Gasteiger partial charge in [0.2, 0.25) is 0 Å². The Bertz CT molecular complexity index is 407. The van der Waals surface area contributed by atoms with Gasteiger partial charge in [-0.1, -0.05) is 19.8 Å². The van der Waals surface area contributed by atoms with E-state index in [1.165, 1.54) is 24.9 Å². The number of hydrogen-bond acceptors (Lipinski definition) is 3. The van der Waals surface area contributed by atoms with Crippen molar-refractivity contribution in [2.24, 2.45) is 0 Å². The average Bonchev–Trinajstić information content (AvgIpc) is 2.40. The fourth-order valence-electron chi connectivity index (χ4n) is 2.31. The van der Waals surface area contributed by atoms with Gasteiger partial charge in [-0.25, -0.2) is 0 Å². The number of anilines is 1. The second-order valence-corrected chi connectivity index (χ2v) is 7.10. The second-order valence-electron chi connectivity index (χ2n) is 7.10. The molecular formula is C18H33N3. The first-order valence-corrected chi connectivity index (χ1v) is 8.30. The van der Waals surface area contributed by atoms with E-state index in [0.29, 0.717) is 6.04 Å². The molecule has 0 unspecified atom stereocenters. The molecule has 0 saturated heterocycles. The van der Waals surface area contributed by atoms with Crippen molar-refractivity contribution in [2.45, 2.75) is 78.9 Å². The van der Waals surface area contributed by atoms with Crippen LogP contribution in [0.1, 0.15) is 66.5 Å². The topological polar surface area (TPSA) is 28.2 Å². The van der Waals surface area contributed by atoms with Crippen LogP contribution in [0.25, 0.3) is 0 Å². The first kappa shape index (κ1) is 18.0. The fraction of sp³-hybridized carbons (Fsp3) is 0.722. The lowest BCUT2D eigenvalue weighted by molar-refractivity contribution is 0.421. The van der Waals surface area contributed by atoms with E-state index in [1.54, 1.807) is 0 Å². The molecule has 1 heterocycles. The molecule has 0 fully saturated rings. The summed E-state index contributed by atoms with van der Waals surface area (Å²) < 4.78 is 0. The van der Waals surface area contributed by atoms with Gasteiger partial charge < -0.3 is 10.2 Å². The number of nitrogens with zero attached hydrogens (tertiary/aromatic N) is 2. The molecule has 0 aliphatic rings. The Hall–Kier alpha value is -1.09. The second kappa shape index (κ2) is 8.38. The van der Waals surface area contributed by atoms with Crippen LogP contribution in [0.15, 0.2) is 18.3 Å². The van der Waals surface area contributed by atoms with E-state index >= 15 is 0 Å². The summed E-state index contributed by atoms with van der Waals surface area (Å²) in [7, 11) is 0. The van der Waals surface area contributed by atoms with E-state index in [0.717, 1.165) is 18.8 Å². The number of aromatic nitrogens is 1. The summed E-state index contributed by atoms with van der Waals surface area (Å²) in [5.41, 5.74) is 2.53. The average molecular weight is 291 g/mol. The van der Waals surface area contributed by atoms with E-state index in [2.05, 4.69) is 68.9 Å². The summed E-state index contributed by atoms with van der Waals surface area (Å²) in [6, 6.07) is 4.88. The first-order valence-electron chi connectivity index (χ1n) is 8.30. The highest BCUT2D eigenvalue weighted by Gasteiger charge is 2.12. The molecule has 0 radical (unpaired) electrons. The van der Waals surface area contributed by atoms with Crippen molar-refractivity contribution in [1.29, 1.82) is 0 Å². The summed E-state index contributed by atoms with van der Waals surface area (Å²) in [5.74, 6) is 0. The maximum Gasteiger partial charge on any atom is 0.0562 e. The molecule has 0 atom stereocenters. The Kier molecular flexibility index (Phi) is 7.16. The maximum absolute atomic E-state index is 4.49. The minimum absolute atomic E-state index is 0.122. The third-order valence-corrected chi connectivity index (χ3v) is 3.56. The highest BCUT2D eigenvalue weighted by Crippen LogP contribution is 2.19. The van der Waals surface area contributed by atoms with Crippen molar-refractivity contribution >= 4 is 5.69 Å². The van der Waals surface area contributed by atoms with Gasteiger partial charge in [-0.15, -0.1) is 0 Å². The lowest BCUT2D eigenvalue weighted by atomic mass is 10.1. The van der Waals surface area contributed by atoms with Crippen LogP contribution < -0.4 is 10.2 Å². The SMILES string of the molecule is CCCCCN(c1ccnc(CNC(C)(C)C)c1)C(C)C. The summed E-state index contributed by atoms with van der Waals surface area (Å²) in [5, 5.41) is 3.50. The zero-order chi connectivity index (χ0) is 15.9. The van der Waals surface area contributed by atoms with Crippen molar-refractivity contribution in [2.75, 3.05) is 11.4 Å². The van der Waals surface area contributed by atoms with Crippen LogP contribution in [-0.4, -0.2) is 23.1 Å². The molecule has 0 aliphatic carbocycles. The van der Waals surface area contributed by atoms with Gasteiger partial charge in [0, 0.05) is 36.6 Å². The van der Waals surface area contributed by atoms with Crippen molar-refractivity contribution in [1.82, 2.24) is 10.3 Å². The minimum Gasteiger partial charge on any atom is -0.369 e. The molecule has 1 N–H and O–H groups in total. The maximum atomic E-state index is 4.49. The molecule has 1 rings (SSSR count). The summed E-state index contributed by atoms with van der Waals surface area (Å²) in [4.78, 5) is 6.98. The molecule has 0 bridgehead atoms. The quantitative estimate of drug-likeness (QED) is 0.721. The fourth-order valence-corrected chi connectivity index (χ4v) is 2.31. The molecule has 0 aromatic carbocycles. The van der Waals surface area contributed by atoms with Gasteiger partial charge in [0.15, 0.2) is 0 Å². The zero-order valence-corrected chi connectivity index (χ0v) is 14.7. The molecule has 3 heteroatoms. The van der Waals surface area contributed by atoms with E-state index in [4.69, 9.17) is 0 Å². The predicted molar refractivity (Wildman–Crippen MR) is 92.8 cm³/mol. The number of nitrogens with one attached hydrogen (secondary N) is 1. The highest BCUT2D eigenvalue weighted by atomic mass is 15.1. The Morgan fingerprint density at radius 3 is 2.52 bits per heavy atom. The zero-order valence-electron chi connectivity index (χ0n) is 14.7. The molecule has 120 valence electrons. The molecule has 3 nitrogen and oxygen atoms in total. The Labute approximate surface area is 131 Å². The van der Waals surface area contributed by atoms with Crippen molar-refractivity contribution < 1.29 is 0 Å². The van der Waals surface area contributed by atoms with E-state index < -0.39 is 0 Å². The largest absolute Gasteiger partial charge is 0.369 e. The lowest BCUT2D eigenvalue weighted by Crippen LogP contribution is -2.35. The number of rotatable bonds is 8. The van der Waals surface area contributed by atoms with Gasteiger partial charge in [-0.3, -0.25) is 4.98 Å². The number of unbranched alkanes of at least 4 members (excludes halogenated alkanes) is 2. The lowest BCUT2D eigenvalue weighted by Gasteiger charge is -2.29. The molecule has 0 aliphatic heterocycles. The molecule has 1 aromatic rings. The van der Waals surface area contributed by atoms with E-state index in [-0.39, 0.29) is 5.54 Å². The smallest absolute Gasteiger partial charge is 0.0562 e. The van der Waals surface area contributed by atoms with Gasteiger partial charge >= 0.3 is 0 Å². The summed E-state index contributed by atoms with van der Waals surface area (Å²) >= 11 is 0. The van der Waals surface area contributed by atoms with E-state index in [9.17, 15) is 0 Å². The van der Waals surface area contributed by atoms with Crippen LogP contribution in [-0.2, 0) is 6.54 Å². The van der Waals surface area contributed by atoms with Gasteiger partial charge in [0.25, 0.3) is 0 Å². The first-order chi connectivity index (χ1) is 9.83. The monoisotopic (exact) mass is 291 g/mol. The van der Waals surface area contributed by atoms with Gasteiger partial charge in [0.1, 0.15) is 0 Å². The summed E-state index contributed by atoms with van der Waals surface area (Å²) in [6.07, 6.45) is 5.76. The molecule has 1 aromatic heterocycles. The molecule has 21 heavy (non-hydrogen) atoms. The molecule has 0 amide bonds. The van der Waals surface area contributed by atoms with Crippen LogP contribution in [0.2, 0.25) is 0 Å². The van der Waals surface area contributed by atoms with Gasteiger partial charge in [-0.2, -0.15) is 0 Å². The van der Waals surface area contributed by atoms with Crippen LogP contribution in [0.4, 0.5) is 5.69 Å². The predicted octanol–water partition coefficient (Wildman–Crippen LogP) is 4.37. The van der Waals surface area contributed by atoms with Crippen LogP contribution in [0.5, 0.6) is 0 Å². The molecule has 0 saturated carbocycles. The standard InChI is InChI=1S/C18H33N3/c1-7-8-9-12-21(15(2)3)17-10-11-19-16(13-17)14-20-18(4,5)6/h10-11,13,15,20H,7-9,12,14H2,1-6H3. The Balaban J connectivity index is 2.75. The van der Waals surface area contributed by atoms with Crippen LogP contribution in [0.3, 0.4) is 0 Å². The van der Waals surface area contributed by atoms with Crippen molar-refractivity contribution in [3.05, 3.63) is 24.0 Å². The van der Waals surface area contributed by atoms with Gasteiger partial charge in [-0.05, 0) is 53.2 Å². The molecule has 0 spiro atoms. The normalized spacial score (nSPS) is 12.0. The minimum atomic E-state index is 0.122. The Morgan fingerprint density at radius 2 is 1.95 bits per heavy atom.